The minimum absolute atomic E-state index is 0.104. The minimum Gasteiger partial charge on any atom is -0.436 e. The highest BCUT2D eigenvalue weighted by Gasteiger charge is 2.20. The van der Waals surface area contributed by atoms with Crippen molar-refractivity contribution in [2.75, 3.05) is 0 Å². The predicted molar refractivity (Wildman–Crippen MR) is 75.4 cm³/mol. The summed E-state index contributed by atoms with van der Waals surface area (Å²) in [5.74, 6) is -0.434. The Morgan fingerprint density at radius 1 is 1.48 bits per heavy atom. The monoisotopic (exact) mass is 313 g/mol. The molecule has 0 atom stereocenters. The van der Waals surface area contributed by atoms with Gasteiger partial charge >= 0.3 is 0 Å². The van der Waals surface area contributed by atoms with Crippen molar-refractivity contribution in [3.63, 3.8) is 0 Å². The Hall–Kier alpha value is -2.15. The first-order valence-corrected chi connectivity index (χ1v) is 6.59. The Labute approximate surface area is 125 Å². The van der Waals surface area contributed by atoms with E-state index in [2.05, 4.69) is 5.10 Å². The average Bonchev–Trinajstić information content (AvgIpc) is 2.67. The lowest BCUT2D eigenvalue weighted by molar-refractivity contribution is -0.385. The van der Waals surface area contributed by atoms with Gasteiger partial charge in [-0.05, 0) is 19.9 Å². The van der Waals surface area contributed by atoms with Crippen LogP contribution < -0.4 is 4.74 Å². The molecule has 1 aromatic carbocycles. The van der Waals surface area contributed by atoms with Crippen LogP contribution in [0.2, 0.25) is 0 Å². The van der Waals surface area contributed by atoms with Gasteiger partial charge in [-0.3, -0.25) is 10.1 Å². The molecule has 0 saturated heterocycles. The van der Waals surface area contributed by atoms with E-state index < -0.39 is 10.7 Å². The van der Waals surface area contributed by atoms with Gasteiger partial charge in [-0.15, -0.1) is 11.6 Å². The Kier molecular flexibility index (Phi) is 4.13. The van der Waals surface area contributed by atoms with Crippen LogP contribution in [0.3, 0.4) is 0 Å². The molecule has 0 aliphatic rings. The standard InChI is InChI=1S/C13H13ClFN3O3/c1-7-4-12(10(15)5-11(7)18(19)20)21-13-9(6-14)8(2)16-17(13)3/h4-5H,6H2,1-3H3. The van der Waals surface area contributed by atoms with E-state index in [4.69, 9.17) is 16.3 Å². The van der Waals surface area contributed by atoms with Crippen molar-refractivity contribution in [1.29, 1.82) is 0 Å². The molecule has 2 rings (SSSR count). The maximum Gasteiger partial charge on any atom is 0.275 e. The highest BCUT2D eigenvalue weighted by Crippen LogP contribution is 2.33. The number of hydrogen-bond donors (Lipinski definition) is 0. The van der Waals surface area contributed by atoms with Gasteiger partial charge in [-0.1, -0.05) is 0 Å². The number of rotatable bonds is 4. The smallest absolute Gasteiger partial charge is 0.275 e. The summed E-state index contributed by atoms with van der Waals surface area (Å²) in [4.78, 5) is 10.1. The number of alkyl halides is 1. The van der Waals surface area contributed by atoms with Crippen molar-refractivity contribution in [2.45, 2.75) is 19.7 Å². The molecule has 21 heavy (non-hydrogen) atoms. The maximum absolute atomic E-state index is 14.0. The quantitative estimate of drug-likeness (QED) is 0.491. The molecule has 112 valence electrons. The number of nitrogens with zero attached hydrogens (tertiary/aromatic N) is 3. The molecule has 0 amide bonds. The molecule has 0 N–H and O–H groups in total. The summed E-state index contributed by atoms with van der Waals surface area (Å²) in [6.07, 6.45) is 0. The zero-order chi connectivity index (χ0) is 15.7. The second-order valence-corrected chi connectivity index (χ2v) is 4.82. The lowest BCUT2D eigenvalue weighted by Crippen LogP contribution is -2.00. The second-order valence-electron chi connectivity index (χ2n) is 4.55. The number of hydrogen-bond acceptors (Lipinski definition) is 4. The molecule has 0 unspecified atom stereocenters. The van der Waals surface area contributed by atoms with Crippen molar-refractivity contribution in [1.82, 2.24) is 9.78 Å². The van der Waals surface area contributed by atoms with E-state index in [0.717, 1.165) is 6.07 Å². The van der Waals surface area contributed by atoms with Crippen LogP contribution in [-0.4, -0.2) is 14.7 Å². The third kappa shape index (κ3) is 2.82. The third-order valence-corrected chi connectivity index (χ3v) is 3.34. The molecule has 0 spiro atoms. The van der Waals surface area contributed by atoms with Crippen molar-refractivity contribution in [3.8, 4) is 11.6 Å². The van der Waals surface area contributed by atoms with E-state index in [1.54, 1.807) is 14.0 Å². The Morgan fingerprint density at radius 2 is 2.14 bits per heavy atom. The Morgan fingerprint density at radius 3 is 2.71 bits per heavy atom. The summed E-state index contributed by atoms with van der Waals surface area (Å²) in [7, 11) is 1.65. The van der Waals surface area contributed by atoms with Crippen LogP contribution in [0.1, 0.15) is 16.8 Å². The number of nitro groups is 1. The zero-order valence-corrected chi connectivity index (χ0v) is 12.4. The number of aromatic nitrogens is 2. The number of ether oxygens (including phenoxy) is 1. The van der Waals surface area contributed by atoms with E-state index in [0.29, 0.717) is 22.7 Å². The van der Waals surface area contributed by atoms with Gasteiger partial charge < -0.3 is 4.74 Å². The van der Waals surface area contributed by atoms with E-state index in [1.165, 1.54) is 17.7 Å². The van der Waals surface area contributed by atoms with E-state index in [9.17, 15) is 14.5 Å². The highest BCUT2D eigenvalue weighted by atomic mass is 35.5. The fraction of sp³-hybridized carbons (Fsp3) is 0.308. The van der Waals surface area contributed by atoms with Gasteiger partial charge in [0.1, 0.15) is 0 Å². The molecule has 0 aliphatic carbocycles. The fourth-order valence-electron chi connectivity index (χ4n) is 1.99. The van der Waals surface area contributed by atoms with Crippen LogP contribution in [-0.2, 0) is 12.9 Å². The first kappa shape index (κ1) is 15.2. The first-order chi connectivity index (χ1) is 9.85. The molecular formula is C13H13ClFN3O3. The molecule has 0 fully saturated rings. The summed E-state index contributed by atoms with van der Waals surface area (Å²) in [5, 5.41) is 14.9. The molecule has 1 aromatic heterocycles. The molecular weight excluding hydrogens is 301 g/mol. The lowest BCUT2D eigenvalue weighted by Gasteiger charge is -2.09. The number of benzene rings is 1. The molecule has 0 saturated carbocycles. The van der Waals surface area contributed by atoms with Crippen LogP contribution >= 0.6 is 11.6 Å². The van der Waals surface area contributed by atoms with E-state index in [-0.39, 0.29) is 17.3 Å². The van der Waals surface area contributed by atoms with Gasteiger partial charge in [0.25, 0.3) is 5.69 Å². The van der Waals surface area contributed by atoms with Crippen LogP contribution in [0.15, 0.2) is 12.1 Å². The maximum atomic E-state index is 14.0. The predicted octanol–water partition coefficient (Wildman–Crippen LogP) is 3.62. The van der Waals surface area contributed by atoms with Crippen molar-refractivity contribution >= 4 is 17.3 Å². The molecule has 6 nitrogen and oxygen atoms in total. The molecule has 8 heteroatoms. The number of aryl methyl sites for hydroxylation is 3. The SMILES string of the molecule is Cc1cc(Oc2c(CCl)c(C)nn2C)c(F)cc1[N+](=O)[O-]. The Balaban J connectivity index is 2.46. The first-order valence-electron chi connectivity index (χ1n) is 6.06. The number of halogens is 2. The van der Waals surface area contributed by atoms with Gasteiger partial charge in [0, 0.05) is 12.6 Å². The van der Waals surface area contributed by atoms with E-state index >= 15 is 0 Å². The van der Waals surface area contributed by atoms with Crippen LogP contribution in [0, 0.1) is 29.8 Å². The second kappa shape index (κ2) is 5.69. The molecule has 2 aromatic rings. The summed E-state index contributed by atoms with van der Waals surface area (Å²) in [6, 6.07) is 2.13. The van der Waals surface area contributed by atoms with Gasteiger partial charge in [0.05, 0.1) is 28.1 Å². The zero-order valence-electron chi connectivity index (χ0n) is 11.7. The number of nitro benzene ring substituents is 1. The highest BCUT2D eigenvalue weighted by molar-refractivity contribution is 6.17. The lowest BCUT2D eigenvalue weighted by atomic mass is 10.2. The Bertz CT molecular complexity index is 715. The largest absolute Gasteiger partial charge is 0.436 e. The van der Waals surface area contributed by atoms with Crippen molar-refractivity contribution in [2.24, 2.45) is 7.05 Å². The summed E-state index contributed by atoms with van der Waals surface area (Å²) in [5.41, 5.74) is 1.34. The summed E-state index contributed by atoms with van der Waals surface area (Å²) >= 11 is 5.84. The topological polar surface area (TPSA) is 70.2 Å². The molecule has 0 radical (unpaired) electrons. The fourth-order valence-corrected chi connectivity index (χ4v) is 2.29. The molecule has 0 aliphatic heterocycles. The molecule has 1 heterocycles. The van der Waals surface area contributed by atoms with Gasteiger partial charge in [-0.2, -0.15) is 5.10 Å². The van der Waals surface area contributed by atoms with Gasteiger partial charge in [-0.25, -0.2) is 9.07 Å². The van der Waals surface area contributed by atoms with Crippen LogP contribution in [0.5, 0.6) is 11.6 Å². The van der Waals surface area contributed by atoms with E-state index in [1.807, 2.05) is 0 Å². The van der Waals surface area contributed by atoms with Crippen LogP contribution in [0.4, 0.5) is 10.1 Å². The van der Waals surface area contributed by atoms with Crippen molar-refractivity contribution in [3.05, 3.63) is 44.9 Å². The normalized spacial score (nSPS) is 10.7. The minimum atomic E-state index is -0.813. The third-order valence-electron chi connectivity index (χ3n) is 3.08. The van der Waals surface area contributed by atoms with Gasteiger partial charge in [0.15, 0.2) is 11.6 Å². The van der Waals surface area contributed by atoms with Crippen LogP contribution in [0.25, 0.3) is 0 Å². The summed E-state index contributed by atoms with van der Waals surface area (Å²) in [6.45, 7) is 3.28. The average molecular weight is 314 g/mol. The van der Waals surface area contributed by atoms with Gasteiger partial charge in [0.2, 0.25) is 5.88 Å². The molecule has 0 bridgehead atoms. The van der Waals surface area contributed by atoms with Crippen molar-refractivity contribution < 1.29 is 14.1 Å². The summed E-state index contributed by atoms with van der Waals surface area (Å²) < 4.78 is 20.9.